The molecule has 1 unspecified atom stereocenters. The number of anilines is 1. The highest BCUT2D eigenvalue weighted by atomic mass is 16.5. The van der Waals surface area contributed by atoms with E-state index < -0.39 is 11.9 Å². The third kappa shape index (κ3) is 5.02. The van der Waals surface area contributed by atoms with E-state index in [9.17, 15) is 14.4 Å². The maximum atomic E-state index is 12.4. The second-order valence-corrected chi connectivity index (χ2v) is 6.68. The molecule has 0 bridgehead atoms. The van der Waals surface area contributed by atoms with E-state index in [1.807, 2.05) is 6.92 Å². The van der Waals surface area contributed by atoms with E-state index in [-0.39, 0.29) is 18.2 Å². The van der Waals surface area contributed by atoms with Crippen molar-refractivity contribution in [1.82, 2.24) is 5.43 Å². The van der Waals surface area contributed by atoms with Gasteiger partial charge in [-0.05, 0) is 48.9 Å². The van der Waals surface area contributed by atoms with E-state index >= 15 is 0 Å². The van der Waals surface area contributed by atoms with Crippen LogP contribution in [0, 0.1) is 5.92 Å². The fraction of sp³-hybridized carbons (Fsp3) is 0.273. The predicted octanol–water partition coefficient (Wildman–Crippen LogP) is 2.38. The number of hydrogen-bond donors (Lipinski definition) is 1. The molecule has 2 aromatic rings. The van der Waals surface area contributed by atoms with Gasteiger partial charge in [-0.15, -0.1) is 0 Å². The second kappa shape index (κ2) is 9.69. The molecule has 3 rings (SSSR count). The molecule has 1 aliphatic rings. The number of ether oxygens (including phenoxy) is 2. The first-order valence-electron chi connectivity index (χ1n) is 9.56. The Morgan fingerprint density at radius 3 is 2.50 bits per heavy atom. The Hall–Kier alpha value is -3.68. The third-order valence-corrected chi connectivity index (χ3v) is 4.68. The fourth-order valence-corrected chi connectivity index (χ4v) is 3.11. The summed E-state index contributed by atoms with van der Waals surface area (Å²) in [5.74, 6) is -0.602. The van der Waals surface area contributed by atoms with Crippen LogP contribution in [0.4, 0.5) is 5.69 Å². The van der Waals surface area contributed by atoms with Gasteiger partial charge in [0.25, 0.3) is 0 Å². The number of nitrogens with one attached hydrogen (secondary N) is 1. The summed E-state index contributed by atoms with van der Waals surface area (Å²) >= 11 is 0. The Bertz CT molecular complexity index is 938. The minimum Gasteiger partial charge on any atom is -0.494 e. The number of esters is 1. The standard InChI is InChI=1S/C22H23N3O5/c1-3-30-19-10-8-18(9-11-19)25-14-17(12-20(25)26)21(27)24-23-13-15-4-6-16(7-5-15)22(28)29-2/h4-11,13,17H,3,12,14H2,1-2H3,(H,24,27)/b23-13+. The topological polar surface area (TPSA) is 97.3 Å². The van der Waals surface area contributed by atoms with E-state index in [1.165, 1.54) is 13.3 Å². The van der Waals surface area contributed by atoms with Gasteiger partial charge < -0.3 is 14.4 Å². The average molecular weight is 409 g/mol. The van der Waals surface area contributed by atoms with Gasteiger partial charge in [-0.3, -0.25) is 9.59 Å². The van der Waals surface area contributed by atoms with Crippen LogP contribution in [0.25, 0.3) is 0 Å². The van der Waals surface area contributed by atoms with Crippen molar-refractivity contribution in [3.63, 3.8) is 0 Å². The molecule has 8 nitrogen and oxygen atoms in total. The summed E-state index contributed by atoms with van der Waals surface area (Å²) in [6, 6.07) is 13.8. The number of hydrogen-bond acceptors (Lipinski definition) is 6. The number of amides is 2. The maximum absolute atomic E-state index is 12.4. The molecule has 0 spiro atoms. The molecule has 0 aromatic heterocycles. The molecule has 1 N–H and O–H groups in total. The van der Waals surface area contributed by atoms with Gasteiger partial charge in [0, 0.05) is 18.7 Å². The van der Waals surface area contributed by atoms with Crippen LogP contribution in [-0.2, 0) is 14.3 Å². The Kier molecular flexibility index (Phi) is 6.79. The summed E-state index contributed by atoms with van der Waals surface area (Å²) in [6.45, 7) is 2.77. The van der Waals surface area contributed by atoms with Gasteiger partial charge in [0.1, 0.15) is 5.75 Å². The Labute approximate surface area is 174 Å². The van der Waals surface area contributed by atoms with Gasteiger partial charge in [0.05, 0.1) is 31.4 Å². The summed E-state index contributed by atoms with van der Waals surface area (Å²) in [4.78, 5) is 37.8. The smallest absolute Gasteiger partial charge is 0.337 e. The first-order chi connectivity index (χ1) is 14.5. The van der Waals surface area contributed by atoms with Gasteiger partial charge in [-0.2, -0.15) is 5.10 Å². The summed E-state index contributed by atoms with van der Waals surface area (Å²) in [6.07, 6.45) is 1.60. The van der Waals surface area contributed by atoms with Crippen LogP contribution in [-0.4, -0.2) is 44.3 Å². The lowest BCUT2D eigenvalue weighted by Gasteiger charge is -2.17. The molecule has 2 aromatic carbocycles. The molecule has 1 atom stereocenters. The molecule has 1 saturated heterocycles. The Balaban J connectivity index is 1.55. The van der Waals surface area contributed by atoms with Gasteiger partial charge in [-0.1, -0.05) is 12.1 Å². The molecular weight excluding hydrogens is 386 g/mol. The van der Waals surface area contributed by atoms with Gasteiger partial charge >= 0.3 is 5.97 Å². The molecule has 30 heavy (non-hydrogen) atoms. The third-order valence-electron chi connectivity index (χ3n) is 4.68. The van der Waals surface area contributed by atoms with Gasteiger partial charge in [-0.25, -0.2) is 10.2 Å². The van der Waals surface area contributed by atoms with Crippen LogP contribution in [0.1, 0.15) is 29.3 Å². The molecule has 8 heteroatoms. The van der Waals surface area contributed by atoms with E-state index in [4.69, 9.17) is 4.74 Å². The van der Waals surface area contributed by atoms with Crippen molar-refractivity contribution in [2.45, 2.75) is 13.3 Å². The minimum atomic E-state index is -0.483. The van der Waals surface area contributed by atoms with Gasteiger partial charge in [0.15, 0.2) is 0 Å². The quantitative estimate of drug-likeness (QED) is 0.430. The van der Waals surface area contributed by atoms with Crippen molar-refractivity contribution in [1.29, 1.82) is 0 Å². The van der Waals surface area contributed by atoms with Crippen LogP contribution in [0.5, 0.6) is 5.75 Å². The predicted molar refractivity (Wildman–Crippen MR) is 112 cm³/mol. The maximum Gasteiger partial charge on any atom is 0.337 e. The van der Waals surface area contributed by atoms with Crippen molar-refractivity contribution in [2.75, 3.05) is 25.2 Å². The highest BCUT2D eigenvalue weighted by molar-refractivity contribution is 6.00. The van der Waals surface area contributed by atoms with Crippen molar-refractivity contribution in [2.24, 2.45) is 11.0 Å². The zero-order chi connectivity index (χ0) is 21.5. The number of hydrazone groups is 1. The lowest BCUT2D eigenvalue weighted by atomic mass is 10.1. The molecule has 0 saturated carbocycles. The molecule has 1 fully saturated rings. The van der Waals surface area contributed by atoms with Crippen LogP contribution in [0.3, 0.4) is 0 Å². The molecule has 1 aliphatic heterocycles. The number of carbonyl (C=O) groups is 3. The first kappa shape index (κ1) is 21.0. The SMILES string of the molecule is CCOc1ccc(N2CC(C(=O)N/N=C/c3ccc(C(=O)OC)cc3)CC2=O)cc1. The van der Waals surface area contributed by atoms with Crippen molar-refractivity contribution in [3.05, 3.63) is 59.7 Å². The molecular formula is C22H23N3O5. The van der Waals surface area contributed by atoms with Crippen molar-refractivity contribution >= 4 is 29.7 Å². The number of carbonyl (C=O) groups excluding carboxylic acids is 3. The first-order valence-corrected chi connectivity index (χ1v) is 9.56. The zero-order valence-electron chi connectivity index (χ0n) is 16.8. The van der Waals surface area contributed by atoms with Crippen LogP contribution < -0.4 is 15.1 Å². The monoisotopic (exact) mass is 409 g/mol. The van der Waals surface area contributed by atoms with Crippen LogP contribution in [0.2, 0.25) is 0 Å². The molecule has 2 amide bonds. The molecule has 1 heterocycles. The second-order valence-electron chi connectivity index (χ2n) is 6.68. The molecule has 0 aliphatic carbocycles. The summed E-state index contributed by atoms with van der Waals surface area (Å²) < 4.78 is 10.1. The van der Waals surface area contributed by atoms with Crippen LogP contribution in [0.15, 0.2) is 53.6 Å². The van der Waals surface area contributed by atoms with Crippen molar-refractivity contribution in [3.8, 4) is 5.75 Å². The lowest BCUT2D eigenvalue weighted by Crippen LogP contribution is -2.30. The fourth-order valence-electron chi connectivity index (χ4n) is 3.11. The highest BCUT2D eigenvalue weighted by Crippen LogP contribution is 2.27. The number of methoxy groups -OCH3 is 1. The van der Waals surface area contributed by atoms with Crippen molar-refractivity contribution < 1.29 is 23.9 Å². The summed E-state index contributed by atoms with van der Waals surface area (Å²) in [5, 5.41) is 3.95. The number of benzene rings is 2. The van der Waals surface area contributed by atoms with Gasteiger partial charge in [0.2, 0.25) is 11.8 Å². The van der Waals surface area contributed by atoms with Crippen LogP contribution >= 0.6 is 0 Å². The largest absolute Gasteiger partial charge is 0.494 e. The van der Waals surface area contributed by atoms with E-state index in [0.717, 1.165) is 11.4 Å². The van der Waals surface area contributed by atoms with E-state index in [2.05, 4.69) is 15.3 Å². The number of rotatable bonds is 7. The highest BCUT2D eigenvalue weighted by Gasteiger charge is 2.35. The van der Waals surface area contributed by atoms with E-state index in [0.29, 0.717) is 24.3 Å². The summed E-state index contributed by atoms with van der Waals surface area (Å²) in [7, 11) is 1.32. The molecule has 156 valence electrons. The lowest BCUT2D eigenvalue weighted by molar-refractivity contribution is -0.126. The normalized spacial score (nSPS) is 16.0. The Morgan fingerprint density at radius 2 is 1.87 bits per heavy atom. The van der Waals surface area contributed by atoms with E-state index in [1.54, 1.807) is 53.4 Å². The average Bonchev–Trinajstić information content (AvgIpc) is 3.16. The summed E-state index contributed by atoms with van der Waals surface area (Å²) in [5.41, 5.74) is 4.35. The minimum absolute atomic E-state index is 0.110. The number of nitrogens with zero attached hydrogens (tertiary/aromatic N) is 2. The molecule has 0 radical (unpaired) electrons. The zero-order valence-corrected chi connectivity index (χ0v) is 16.8. The Morgan fingerprint density at radius 1 is 1.17 bits per heavy atom.